The number of amides is 1. The summed E-state index contributed by atoms with van der Waals surface area (Å²) >= 11 is 0. The lowest BCUT2D eigenvalue weighted by Gasteiger charge is -2.38. The topological polar surface area (TPSA) is 78.0 Å². The summed E-state index contributed by atoms with van der Waals surface area (Å²) in [5, 5.41) is 19.5. The maximum Gasteiger partial charge on any atom is 0.255 e. The maximum atomic E-state index is 13.6. The first-order valence-corrected chi connectivity index (χ1v) is 8.95. The minimum atomic E-state index is -0.376. The average Bonchev–Trinajstić information content (AvgIpc) is 3.14. The number of hydrogen-bond acceptors (Lipinski definition) is 3. The van der Waals surface area contributed by atoms with E-state index >= 15 is 0 Å². The van der Waals surface area contributed by atoms with E-state index in [4.69, 9.17) is 0 Å². The first kappa shape index (κ1) is 17.4. The van der Waals surface area contributed by atoms with Crippen LogP contribution in [0.4, 0.5) is 4.39 Å². The van der Waals surface area contributed by atoms with Crippen molar-refractivity contribution in [2.24, 2.45) is 5.92 Å². The molecule has 0 radical (unpaired) electrons. The van der Waals surface area contributed by atoms with Crippen molar-refractivity contribution in [1.29, 1.82) is 0 Å². The molecule has 3 aromatic rings. The Balaban J connectivity index is 1.60. The van der Waals surface area contributed by atoms with Crippen LogP contribution in [0.3, 0.4) is 0 Å². The number of carbonyl (C=O) groups is 1. The van der Waals surface area contributed by atoms with Crippen LogP contribution in [-0.4, -0.2) is 27.3 Å². The van der Waals surface area contributed by atoms with Crippen molar-refractivity contribution in [3.63, 3.8) is 0 Å². The van der Waals surface area contributed by atoms with Crippen LogP contribution in [0.1, 0.15) is 34.8 Å². The van der Waals surface area contributed by atoms with Crippen LogP contribution in [0.25, 0.3) is 11.3 Å². The Bertz CT molecular complexity index is 935. The van der Waals surface area contributed by atoms with E-state index in [1.165, 1.54) is 18.3 Å². The van der Waals surface area contributed by atoms with Crippen molar-refractivity contribution in [3.8, 4) is 11.3 Å². The summed E-state index contributed by atoms with van der Waals surface area (Å²) in [5.41, 5.74) is 2.40. The van der Waals surface area contributed by atoms with Gasteiger partial charge in [-0.2, -0.15) is 5.10 Å². The summed E-state index contributed by atoms with van der Waals surface area (Å²) in [6.45, 7) is 0. The second-order valence-electron chi connectivity index (χ2n) is 6.92. The average molecular weight is 365 g/mol. The summed E-state index contributed by atoms with van der Waals surface area (Å²) in [6, 6.07) is 15.6. The zero-order valence-corrected chi connectivity index (χ0v) is 14.6. The van der Waals surface area contributed by atoms with Crippen molar-refractivity contribution >= 4 is 5.91 Å². The highest BCUT2D eigenvalue weighted by atomic mass is 19.1. The van der Waals surface area contributed by atoms with E-state index in [1.54, 1.807) is 12.1 Å². The van der Waals surface area contributed by atoms with Gasteiger partial charge in [0.15, 0.2) is 0 Å². The van der Waals surface area contributed by atoms with Gasteiger partial charge >= 0.3 is 0 Å². The fourth-order valence-corrected chi connectivity index (χ4v) is 3.58. The number of aromatic amines is 1. The minimum Gasteiger partial charge on any atom is -0.393 e. The molecule has 3 N–H and O–H groups in total. The van der Waals surface area contributed by atoms with Gasteiger partial charge in [0.2, 0.25) is 0 Å². The van der Waals surface area contributed by atoms with E-state index in [1.807, 2.05) is 30.3 Å². The number of aliphatic hydroxyl groups excluding tert-OH is 1. The van der Waals surface area contributed by atoms with Crippen molar-refractivity contribution < 1.29 is 14.3 Å². The van der Waals surface area contributed by atoms with Crippen molar-refractivity contribution in [2.45, 2.75) is 25.0 Å². The minimum absolute atomic E-state index is 0.177. The van der Waals surface area contributed by atoms with Crippen LogP contribution in [0.5, 0.6) is 0 Å². The van der Waals surface area contributed by atoms with Gasteiger partial charge < -0.3 is 10.4 Å². The van der Waals surface area contributed by atoms with Gasteiger partial charge in [-0.15, -0.1) is 0 Å². The molecule has 5 nitrogen and oxygen atoms in total. The monoisotopic (exact) mass is 365 g/mol. The van der Waals surface area contributed by atoms with E-state index in [0.29, 0.717) is 29.7 Å². The molecule has 6 heteroatoms. The molecule has 1 aromatic heterocycles. The lowest BCUT2D eigenvalue weighted by Crippen LogP contribution is -2.41. The third-order valence-electron chi connectivity index (χ3n) is 5.06. The molecule has 138 valence electrons. The molecule has 1 heterocycles. The molecule has 2 aromatic carbocycles. The normalized spacial score (nSPS) is 19.9. The molecular formula is C21H20FN3O2. The number of carbonyl (C=O) groups excluding carboxylic acids is 1. The first-order valence-electron chi connectivity index (χ1n) is 8.95. The molecule has 1 aliphatic carbocycles. The van der Waals surface area contributed by atoms with E-state index in [9.17, 15) is 14.3 Å². The van der Waals surface area contributed by atoms with Crippen LogP contribution < -0.4 is 5.32 Å². The third-order valence-corrected chi connectivity index (χ3v) is 5.06. The molecule has 1 aliphatic rings. The van der Waals surface area contributed by atoms with Crippen LogP contribution >= 0.6 is 0 Å². The lowest BCUT2D eigenvalue weighted by molar-refractivity contribution is 0.0235. The van der Waals surface area contributed by atoms with Gasteiger partial charge in [-0.1, -0.05) is 42.5 Å². The summed E-state index contributed by atoms with van der Waals surface area (Å²) in [5.74, 6) is -0.479. The number of aliphatic hydroxyl groups is 1. The van der Waals surface area contributed by atoms with Gasteiger partial charge in [0.25, 0.3) is 5.91 Å². The van der Waals surface area contributed by atoms with Gasteiger partial charge in [0.1, 0.15) is 5.82 Å². The van der Waals surface area contributed by atoms with Crippen LogP contribution in [0.2, 0.25) is 0 Å². The molecule has 1 amide bonds. The molecular weight excluding hydrogens is 345 g/mol. The highest BCUT2D eigenvalue weighted by molar-refractivity contribution is 6.00. The van der Waals surface area contributed by atoms with Crippen molar-refractivity contribution in [2.75, 3.05) is 0 Å². The molecule has 27 heavy (non-hydrogen) atoms. The summed E-state index contributed by atoms with van der Waals surface area (Å²) in [6.07, 6.45) is 2.45. The molecule has 0 saturated heterocycles. The second-order valence-corrected chi connectivity index (χ2v) is 6.92. The van der Waals surface area contributed by atoms with Gasteiger partial charge in [-0.25, -0.2) is 4.39 Å². The molecule has 1 fully saturated rings. The SMILES string of the molecule is O=C(NC(c1ccccc1)C1CC(O)C1)c1cn[nH]c1-c1cccc(F)c1. The van der Waals surface area contributed by atoms with Crippen LogP contribution in [0.15, 0.2) is 60.8 Å². The summed E-state index contributed by atoms with van der Waals surface area (Å²) in [7, 11) is 0. The van der Waals surface area contributed by atoms with Crippen LogP contribution in [0, 0.1) is 11.7 Å². The van der Waals surface area contributed by atoms with Gasteiger partial charge in [-0.05, 0) is 36.5 Å². The zero-order chi connectivity index (χ0) is 18.8. The number of halogens is 1. The fourth-order valence-electron chi connectivity index (χ4n) is 3.58. The third kappa shape index (κ3) is 3.61. The zero-order valence-electron chi connectivity index (χ0n) is 14.6. The molecule has 4 rings (SSSR count). The van der Waals surface area contributed by atoms with Gasteiger partial charge in [0.05, 0.1) is 29.6 Å². The smallest absolute Gasteiger partial charge is 0.255 e. The Kier molecular flexibility index (Phi) is 4.73. The predicted octanol–water partition coefficient (Wildman–Crippen LogP) is 3.46. The second kappa shape index (κ2) is 7.32. The van der Waals surface area contributed by atoms with Crippen molar-refractivity contribution in [3.05, 3.63) is 77.7 Å². The van der Waals surface area contributed by atoms with Crippen molar-refractivity contribution in [1.82, 2.24) is 15.5 Å². The fraction of sp³-hybridized carbons (Fsp3) is 0.238. The molecule has 0 aliphatic heterocycles. The quantitative estimate of drug-likeness (QED) is 0.648. The summed E-state index contributed by atoms with van der Waals surface area (Å²) < 4.78 is 13.6. The van der Waals surface area contributed by atoms with E-state index in [-0.39, 0.29) is 29.8 Å². The van der Waals surface area contributed by atoms with E-state index in [0.717, 1.165) is 5.56 Å². The Morgan fingerprint density at radius 3 is 2.67 bits per heavy atom. The highest BCUT2D eigenvalue weighted by Gasteiger charge is 2.36. The number of benzene rings is 2. The number of hydrogen-bond donors (Lipinski definition) is 3. The van der Waals surface area contributed by atoms with Gasteiger partial charge in [-0.3, -0.25) is 9.89 Å². The Morgan fingerprint density at radius 1 is 1.19 bits per heavy atom. The number of aromatic nitrogens is 2. The summed E-state index contributed by atoms with van der Waals surface area (Å²) in [4.78, 5) is 13.0. The molecule has 1 saturated carbocycles. The van der Waals surface area contributed by atoms with Crippen LogP contribution in [-0.2, 0) is 0 Å². The number of H-pyrrole nitrogens is 1. The number of nitrogens with zero attached hydrogens (tertiary/aromatic N) is 1. The lowest BCUT2D eigenvalue weighted by atomic mass is 9.75. The number of rotatable bonds is 5. The Hall–Kier alpha value is -2.99. The van der Waals surface area contributed by atoms with E-state index in [2.05, 4.69) is 15.5 Å². The Morgan fingerprint density at radius 2 is 1.96 bits per heavy atom. The highest BCUT2D eigenvalue weighted by Crippen LogP contribution is 2.38. The molecule has 1 unspecified atom stereocenters. The Labute approximate surface area is 156 Å². The molecule has 1 atom stereocenters. The standard InChI is InChI=1S/C21H20FN3O2/c22-16-8-4-7-14(9-16)20-18(12-23-25-20)21(27)24-19(15-10-17(26)11-15)13-5-2-1-3-6-13/h1-9,12,15,17,19,26H,10-11H2,(H,23,25)(H,24,27). The largest absolute Gasteiger partial charge is 0.393 e. The van der Waals surface area contributed by atoms with Gasteiger partial charge in [0, 0.05) is 5.56 Å². The maximum absolute atomic E-state index is 13.6. The predicted molar refractivity (Wildman–Crippen MR) is 99.4 cm³/mol. The molecule has 0 spiro atoms. The first-order chi connectivity index (χ1) is 13.1. The van der Waals surface area contributed by atoms with E-state index < -0.39 is 0 Å². The number of nitrogens with one attached hydrogen (secondary N) is 2. The molecule has 0 bridgehead atoms.